The summed E-state index contributed by atoms with van der Waals surface area (Å²) in [6.45, 7) is 0. The Labute approximate surface area is 62.7 Å². The van der Waals surface area contributed by atoms with Gasteiger partial charge in [0.25, 0.3) is 0 Å². The summed E-state index contributed by atoms with van der Waals surface area (Å²) in [5, 5.41) is 8.17. The summed E-state index contributed by atoms with van der Waals surface area (Å²) in [5.41, 5.74) is 0. The molecular weight excluding hydrogens is 144 g/mol. The largest absolute Gasteiger partial charge is 0.231 e. The second kappa shape index (κ2) is 2.27. The van der Waals surface area contributed by atoms with E-state index in [2.05, 4.69) is 10.5 Å². The molecule has 0 spiro atoms. The Morgan fingerprint density at radius 3 is 3.20 bits per heavy atom. The van der Waals surface area contributed by atoms with Gasteiger partial charge in [-0.3, -0.25) is 0 Å². The molecule has 10 heavy (non-hydrogen) atoms. The van der Waals surface area contributed by atoms with Crippen LogP contribution in [-0.4, -0.2) is 9.78 Å². The van der Waals surface area contributed by atoms with Gasteiger partial charge in [-0.1, -0.05) is 0 Å². The topological polar surface area (TPSA) is 17.8 Å². The second-order valence-electron chi connectivity index (χ2n) is 1.84. The molecule has 0 aliphatic carbocycles. The van der Waals surface area contributed by atoms with E-state index in [1.165, 1.54) is 0 Å². The highest BCUT2D eigenvalue weighted by Gasteiger charge is 1.93. The molecule has 2 heterocycles. The predicted molar refractivity (Wildman–Crippen MR) is 40.3 cm³/mol. The SMILES string of the molecule is [c]1ccc(-n2cccn2)s1. The van der Waals surface area contributed by atoms with Crippen LogP contribution in [0.4, 0.5) is 0 Å². The molecule has 0 aliphatic rings. The maximum Gasteiger partial charge on any atom is 0.118 e. The van der Waals surface area contributed by atoms with Crippen molar-refractivity contribution < 1.29 is 0 Å². The number of thiophene rings is 1. The monoisotopic (exact) mass is 149 g/mol. The van der Waals surface area contributed by atoms with Crippen LogP contribution in [-0.2, 0) is 0 Å². The second-order valence-corrected chi connectivity index (χ2v) is 2.70. The molecule has 0 N–H and O–H groups in total. The number of nitrogens with zero attached hydrogens (tertiary/aromatic N) is 2. The van der Waals surface area contributed by atoms with Crippen LogP contribution in [0.15, 0.2) is 30.6 Å². The van der Waals surface area contributed by atoms with Crippen LogP contribution in [0.5, 0.6) is 0 Å². The molecule has 2 nitrogen and oxygen atoms in total. The van der Waals surface area contributed by atoms with Crippen molar-refractivity contribution in [3.05, 3.63) is 36.0 Å². The van der Waals surface area contributed by atoms with Gasteiger partial charge in [0, 0.05) is 17.8 Å². The van der Waals surface area contributed by atoms with Gasteiger partial charge in [0.1, 0.15) is 5.00 Å². The van der Waals surface area contributed by atoms with Gasteiger partial charge in [0.15, 0.2) is 0 Å². The van der Waals surface area contributed by atoms with E-state index >= 15 is 0 Å². The van der Waals surface area contributed by atoms with Gasteiger partial charge >= 0.3 is 0 Å². The highest BCUT2D eigenvalue weighted by Crippen LogP contribution is 2.11. The molecule has 0 atom stereocenters. The Bertz CT molecular complexity index is 251. The van der Waals surface area contributed by atoms with Gasteiger partial charge in [0.2, 0.25) is 0 Å². The highest BCUT2D eigenvalue weighted by atomic mass is 32.1. The molecule has 0 unspecified atom stereocenters. The molecule has 2 aromatic rings. The Kier molecular flexibility index (Phi) is 1.29. The minimum Gasteiger partial charge on any atom is -0.231 e. The lowest BCUT2D eigenvalue weighted by molar-refractivity contribution is 0.898. The van der Waals surface area contributed by atoms with E-state index in [4.69, 9.17) is 0 Å². The van der Waals surface area contributed by atoms with Gasteiger partial charge in [-0.25, -0.2) is 4.68 Å². The Balaban J connectivity index is 2.48. The molecule has 0 amide bonds. The highest BCUT2D eigenvalue weighted by molar-refractivity contribution is 7.12. The zero-order valence-corrected chi connectivity index (χ0v) is 6.01. The standard InChI is InChI=1S/C7H5N2S/c1-3-7(10-6-1)9-5-2-4-8-9/h1-5H. The summed E-state index contributed by atoms with van der Waals surface area (Å²) in [6, 6.07) is 5.78. The van der Waals surface area contributed by atoms with Crippen LogP contribution in [0.3, 0.4) is 0 Å². The van der Waals surface area contributed by atoms with Gasteiger partial charge in [-0.05, 0) is 18.2 Å². The first kappa shape index (κ1) is 5.68. The van der Waals surface area contributed by atoms with Crippen LogP contribution >= 0.6 is 11.3 Å². The van der Waals surface area contributed by atoms with Crippen molar-refractivity contribution in [1.29, 1.82) is 0 Å². The molecule has 0 saturated heterocycles. The predicted octanol–water partition coefficient (Wildman–Crippen LogP) is 1.73. The number of hydrogen-bond acceptors (Lipinski definition) is 2. The molecule has 0 bridgehead atoms. The average Bonchev–Trinajstić information content (AvgIpc) is 2.59. The molecule has 2 aromatic heterocycles. The van der Waals surface area contributed by atoms with Crippen molar-refractivity contribution in [2.24, 2.45) is 0 Å². The number of hydrogen-bond donors (Lipinski definition) is 0. The first-order chi connectivity index (χ1) is 4.97. The maximum absolute atomic E-state index is 4.07. The molecule has 3 heteroatoms. The summed E-state index contributed by atoms with van der Waals surface area (Å²) < 4.78 is 1.82. The van der Waals surface area contributed by atoms with Gasteiger partial charge in [0.05, 0.1) is 0 Å². The van der Waals surface area contributed by atoms with Gasteiger partial charge in [-0.2, -0.15) is 5.10 Å². The molecule has 0 aliphatic heterocycles. The number of aromatic nitrogens is 2. The van der Waals surface area contributed by atoms with E-state index in [1.807, 2.05) is 29.1 Å². The summed E-state index contributed by atoms with van der Waals surface area (Å²) in [7, 11) is 0. The molecule has 0 aromatic carbocycles. The fraction of sp³-hybridized carbons (Fsp3) is 0. The van der Waals surface area contributed by atoms with Crippen molar-refractivity contribution in [2.45, 2.75) is 0 Å². The summed E-state index contributed by atoms with van der Waals surface area (Å²) in [5.74, 6) is 0. The van der Waals surface area contributed by atoms with Crippen LogP contribution in [0.2, 0.25) is 0 Å². The summed E-state index contributed by atoms with van der Waals surface area (Å²) in [4.78, 5) is 0. The maximum atomic E-state index is 4.07. The zero-order valence-electron chi connectivity index (χ0n) is 5.19. The lowest BCUT2D eigenvalue weighted by atomic mass is 10.6. The van der Waals surface area contributed by atoms with E-state index in [-0.39, 0.29) is 0 Å². The Morgan fingerprint density at radius 2 is 2.60 bits per heavy atom. The average molecular weight is 149 g/mol. The first-order valence-electron chi connectivity index (χ1n) is 2.93. The van der Waals surface area contributed by atoms with Crippen molar-refractivity contribution >= 4 is 11.3 Å². The number of rotatable bonds is 1. The van der Waals surface area contributed by atoms with E-state index in [0.29, 0.717) is 0 Å². The first-order valence-corrected chi connectivity index (χ1v) is 3.74. The molecule has 0 fully saturated rings. The Morgan fingerprint density at radius 1 is 1.60 bits per heavy atom. The molecule has 49 valence electrons. The van der Waals surface area contributed by atoms with Crippen LogP contribution in [0.1, 0.15) is 0 Å². The minimum atomic E-state index is 1.10. The molecule has 1 radical (unpaired) electrons. The van der Waals surface area contributed by atoms with Crippen LogP contribution in [0, 0.1) is 5.38 Å². The van der Waals surface area contributed by atoms with Crippen LogP contribution < -0.4 is 0 Å². The van der Waals surface area contributed by atoms with Gasteiger partial charge < -0.3 is 0 Å². The summed E-state index contributed by atoms with van der Waals surface area (Å²) in [6.07, 6.45) is 3.68. The quantitative estimate of drug-likeness (QED) is 0.603. The third-order valence-corrected chi connectivity index (χ3v) is 1.97. The van der Waals surface area contributed by atoms with Crippen molar-refractivity contribution in [1.82, 2.24) is 9.78 Å². The zero-order chi connectivity index (χ0) is 6.81. The third kappa shape index (κ3) is 0.844. The van der Waals surface area contributed by atoms with E-state index in [1.54, 1.807) is 17.5 Å². The minimum absolute atomic E-state index is 1.10. The normalized spacial score (nSPS) is 10.0. The smallest absolute Gasteiger partial charge is 0.118 e. The van der Waals surface area contributed by atoms with E-state index < -0.39 is 0 Å². The lowest BCUT2D eigenvalue weighted by Crippen LogP contribution is -1.88. The van der Waals surface area contributed by atoms with Gasteiger partial charge in [-0.15, -0.1) is 11.3 Å². The fourth-order valence-electron chi connectivity index (χ4n) is 0.756. The lowest BCUT2D eigenvalue weighted by Gasteiger charge is -1.91. The third-order valence-electron chi connectivity index (χ3n) is 1.19. The fourth-order valence-corrected chi connectivity index (χ4v) is 1.35. The molecule has 2 rings (SSSR count). The molecular formula is C7H5N2S. The van der Waals surface area contributed by atoms with E-state index in [9.17, 15) is 0 Å². The Hall–Kier alpha value is -1.09. The van der Waals surface area contributed by atoms with Crippen LogP contribution in [0.25, 0.3) is 5.00 Å². The molecule has 0 saturated carbocycles. The summed E-state index contributed by atoms with van der Waals surface area (Å²) >= 11 is 1.56. The van der Waals surface area contributed by atoms with E-state index in [0.717, 1.165) is 5.00 Å². The van der Waals surface area contributed by atoms with Crippen molar-refractivity contribution in [2.75, 3.05) is 0 Å². The van der Waals surface area contributed by atoms with Crippen molar-refractivity contribution in [3.8, 4) is 5.00 Å². The van der Waals surface area contributed by atoms with Crippen molar-refractivity contribution in [3.63, 3.8) is 0 Å².